The quantitative estimate of drug-likeness (QED) is 0.421. The molecule has 11 heteroatoms. The topological polar surface area (TPSA) is 79.7 Å². The van der Waals surface area contributed by atoms with Crippen LogP contribution in [-0.2, 0) is 6.18 Å². The SMILES string of the molecule is FC(F)(F)c1ccc(Nc2ccnc3nc(-c4nnccc4Cl)ccc23)nc1N1CCCC1. The molecule has 33 heavy (non-hydrogen) atoms. The highest BCUT2D eigenvalue weighted by Crippen LogP contribution is 2.38. The van der Waals surface area contributed by atoms with Gasteiger partial charge in [-0.1, -0.05) is 11.6 Å². The largest absolute Gasteiger partial charge is 0.419 e. The van der Waals surface area contributed by atoms with Crippen LogP contribution in [0.15, 0.2) is 48.8 Å². The Balaban J connectivity index is 1.51. The van der Waals surface area contributed by atoms with Gasteiger partial charge in [0, 0.05) is 24.7 Å². The smallest absolute Gasteiger partial charge is 0.356 e. The molecule has 0 amide bonds. The van der Waals surface area contributed by atoms with E-state index in [0.717, 1.165) is 18.9 Å². The lowest BCUT2D eigenvalue weighted by Crippen LogP contribution is -2.23. The van der Waals surface area contributed by atoms with E-state index in [4.69, 9.17) is 11.6 Å². The maximum Gasteiger partial charge on any atom is 0.419 e. The van der Waals surface area contributed by atoms with Gasteiger partial charge >= 0.3 is 6.18 Å². The Morgan fingerprint density at radius 2 is 1.76 bits per heavy atom. The van der Waals surface area contributed by atoms with E-state index in [2.05, 4.69) is 30.5 Å². The molecular weight excluding hydrogens is 455 g/mol. The van der Waals surface area contributed by atoms with Crippen LogP contribution in [0.1, 0.15) is 18.4 Å². The van der Waals surface area contributed by atoms with Gasteiger partial charge in [0.05, 0.1) is 28.2 Å². The van der Waals surface area contributed by atoms with E-state index < -0.39 is 11.7 Å². The third-order valence-electron chi connectivity index (χ3n) is 5.37. The highest BCUT2D eigenvalue weighted by atomic mass is 35.5. The van der Waals surface area contributed by atoms with Gasteiger partial charge in [-0.05, 0) is 49.2 Å². The second kappa shape index (κ2) is 8.43. The molecule has 0 bridgehead atoms. The van der Waals surface area contributed by atoms with Crippen LogP contribution in [0.3, 0.4) is 0 Å². The maximum atomic E-state index is 13.6. The number of pyridine rings is 3. The minimum absolute atomic E-state index is 0.0546. The van der Waals surface area contributed by atoms with E-state index in [1.165, 1.54) is 12.3 Å². The van der Waals surface area contributed by atoms with Crippen molar-refractivity contribution in [3.05, 3.63) is 59.4 Å². The van der Waals surface area contributed by atoms with Crippen molar-refractivity contribution in [3.63, 3.8) is 0 Å². The summed E-state index contributed by atoms with van der Waals surface area (Å²) in [5, 5.41) is 12.1. The number of hydrogen-bond donors (Lipinski definition) is 1. The van der Waals surface area contributed by atoms with Gasteiger partial charge in [0.2, 0.25) is 0 Å². The third-order valence-corrected chi connectivity index (χ3v) is 5.67. The first-order valence-corrected chi connectivity index (χ1v) is 10.6. The molecule has 1 N–H and O–H groups in total. The minimum atomic E-state index is -4.48. The van der Waals surface area contributed by atoms with E-state index >= 15 is 0 Å². The predicted molar refractivity (Wildman–Crippen MR) is 120 cm³/mol. The second-order valence-corrected chi connectivity index (χ2v) is 7.95. The summed E-state index contributed by atoms with van der Waals surface area (Å²) in [6, 6.07) is 9.27. The zero-order valence-corrected chi connectivity index (χ0v) is 17.9. The van der Waals surface area contributed by atoms with Gasteiger partial charge in [-0.25, -0.2) is 15.0 Å². The molecule has 168 valence electrons. The predicted octanol–water partition coefficient (Wildman–Crippen LogP) is 5.50. The van der Waals surface area contributed by atoms with Crippen LogP contribution in [-0.4, -0.2) is 38.2 Å². The molecule has 0 radical (unpaired) electrons. The van der Waals surface area contributed by atoms with Crippen LogP contribution in [0.25, 0.3) is 22.4 Å². The fourth-order valence-corrected chi connectivity index (χ4v) is 4.00. The number of rotatable bonds is 4. The number of fused-ring (bicyclic) bond motifs is 1. The molecule has 1 fully saturated rings. The summed E-state index contributed by atoms with van der Waals surface area (Å²) in [5.41, 5.74) is 1.24. The normalized spacial score (nSPS) is 14.1. The lowest BCUT2D eigenvalue weighted by Gasteiger charge is -2.22. The third kappa shape index (κ3) is 4.25. The van der Waals surface area contributed by atoms with Crippen molar-refractivity contribution in [2.45, 2.75) is 19.0 Å². The number of nitrogens with zero attached hydrogens (tertiary/aromatic N) is 6. The number of aromatic nitrogens is 5. The Labute approximate surface area is 191 Å². The van der Waals surface area contributed by atoms with Crippen LogP contribution in [0, 0.1) is 0 Å². The van der Waals surface area contributed by atoms with Crippen molar-refractivity contribution in [1.82, 2.24) is 25.1 Å². The van der Waals surface area contributed by atoms with Crippen molar-refractivity contribution in [3.8, 4) is 11.4 Å². The van der Waals surface area contributed by atoms with Crippen molar-refractivity contribution < 1.29 is 13.2 Å². The summed E-state index contributed by atoms with van der Waals surface area (Å²) >= 11 is 6.19. The van der Waals surface area contributed by atoms with Crippen molar-refractivity contribution in [1.29, 1.82) is 0 Å². The average Bonchev–Trinajstić information content (AvgIpc) is 3.33. The van der Waals surface area contributed by atoms with Crippen LogP contribution in [0.2, 0.25) is 5.02 Å². The van der Waals surface area contributed by atoms with E-state index in [-0.39, 0.29) is 5.82 Å². The molecule has 1 saturated heterocycles. The van der Waals surface area contributed by atoms with E-state index in [9.17, 15) is 13.2 Å². The highest BCUT2D eigenvalue weighted by Gasteiger charge is 2.36. The molecule has 4 aromatic heterocycles. The number of nitrogens with one attached hydrogen (secondary N) is 1. The summed E-state index contributed by atoms with van der Waals surface area (Å²) in [5.74, 6) is 0.250. The molecule has 0 spiro atoms. The molecular formula is C22H17ClF3N7. The highest BCUT2D eigenvalue weighted by molar-refractivity contribution is 6.32. The summed E-state index contributed by atoms with van der Waals surface area (Å²) in [4.78, 5) is 14.8. The number of halogens is 4. The van der Waals surface area contributed by atoms with Crippen LogP contribution < -0.4 is 10.2 Å². The molecule has 0 unspecified atom stereocenters. The Hall–Kier alpha value is -3.53. The summed E-state index contributed by atoms with van der Waals surface area (Å²) in [6.45, 7) is 1.10. The summed E-state index contributed by atoms with van der Waals surface area (Å²) in [7, 11) is 0. The number of alkyl halides is 3. The summed E-state index contributed by atoms with van der Waals surface area (Å²) < 4.78 is 40.7. The summed E-state index contributed by atoms with van der Waals surface area (Å²) in [6.07, 6.45) is 0.255. The molecule has 0 atom stereocenters. The molecule has 1 aliphatic rings. The van der Waals surface area contributed by atoms with E-state index in [0.29, 0.717) is 52.0 Å². The molecule has 0 aromatic carbocycles. The van der Waals surface area contributed by atoms with Crippen molar-refractivity contribution >= 4 is 40.0 Å². The Bertz CT molecular complexity index is 1320. The Morgan fingerprint density at radius 1 is 0.939 bits per heavy atom. The zero-order chi connectivity index (χ0) is 23.0. The average molecular weight is 472 g/mol. The fraction of sp³-hybridized carbons (Fsp3) is 0.227. The first kappa shape index (κ1) is 21.3. The maximum absolute atomic E-state index is 13.6. The molecule has 5 heterocycles. The standard InChI is InChI=1S/C22H17ClF3N7/c23-15-7-10-28-32-19(15)17-5-3-13-16(8-9-27-20(13)30-17)29-18-6-4-14(22(24,25)26)21(31-18)33-11-1-2-12-33/h3-10H,1-2,11-12H2,(H,27,29,30,31). The molecule has 5 rings (SSSR count). The Morgan fingerprint density at radius 3 is 2.52 bits per heavy atom. The lowest BCUT2D eigenvalue weighted by molar-refractivity contribution is -0.137. The monoisotopic (exact) mass is 471 g/mol. The Kier molecular flexibility index (Phi) is 5.45. The van der Waals surface area contributed by atoms with Gasteiger partial charge in [0.15, 0.2) is 5.65 Å². The van der Waals surface area contributed by atoms with Gasteiger partial charge in [-0.3, -0.25) is 0 Å². The van der Waals surface area contributed by atoms with Crippen LogP contribution in [0.5, 0.6) is 0 Å². The molecule has 1 aliphatic heterocycles. The van der Waals surface area contributed by atoms with Gasteiger partial charge in [0.1, 0.15) is 17.3 Å². The van der Waals surface area contributed by atoms with Crippen LogP contribution >= 0.6 is 11.6 Å². The van der Waals surface area contributed by atoms with Gasteiger partial charge < -0.3 is 10.2 Å². The first-order valence-electron chi connectivity index (χ1n) is 10.2. The minimum Gasteiger partial charge on any atom is -0.356 e. The molecule has 7 nitrogen and oxygen atoms in total. The van der Waals surface area contributed by atoms with Crippen molar-refractivity contribution in [2.75, 3.05) is 23.3 Å². The fourth-order valence-electron chi connectivity index (χ4n) is 3.81. The molecule has 4 aromatic rings. The number of hydrogen-bond acceptors (Lipinski definition) is 7. The van der Waals surface area contributed by atoms with Gasteiger partial charge in [0.25, 0.3) is 0 Å². The zero-order valence-electron chi connectivity index (χ0n) is 17.1. The van der Waals surface area contributed by atoms with Gasteiger partial charge in [-0.15, -0.1) is 5.10 Å². The van der Waals surface area contributed by atoms with Crippen LogP contribution in [0.4, 0.5) is 30.5 Å². The lowest BCUT2D eigenvalue weighted by atomic mass is 10.2. The van der Waals surface area contributed by atoms with E-state index in [1.54, 1.807) is 35.4 Å². The second-order valence-electron chi connectivity index (χ2n) is 7.54. The molecule has 0 aliphatic carbocycles. The van der Waals surface area contributed by atoms with Crippen molar-refractivity contribution in [2.24, 2.45) is 0 Å². The number of anilines is 3. The van der Waals surface area contributed by atoms with Gasteiger partial charge in [-0.2, -0.15) is 18.3 Å². The molecule has 0 saturated carbocycles. The first-order chi connectivity index (χ1) is 15.9. The van der Waals surface area contributed by atoms with E-state index in [1.807, 2.05) is 0 Å².